The number of hydrogen-bond donors (Lipinski definition) is 1. The summed E-state index contributed by atoms with van der Waals surface area (Å²) in [5.41, 5.74) is -0.755. The third-order valence-electron chi connectivity index (χ3n) is 3.15. The first kappa shape index (κ1) is 11.6. The second-order valence-corrected chi connectivity index (χ2v) is 4.62. The van der Waals surface area contributed by atoms with E-state index in [0.717, 1.165) is 12.8 Å². The molecule has 2 aromatic heterocycles. The molecule has 1 fully saturated rings. The molecule has 1 aliphatic rings. The van der Waals surface area contributed by atoms with E-state index in [1.54, 1.807) is 18.2 Å². The molecular weight excluding hydrogens is 248 g/mol. The lowest BCUT2D eigenvalue weighted by Crippen LogP contribution is -2.21. The van der Waals surface area contributed by atoms with Crippen LogP contribution in [0.3, 0.4) is 0 Å². The standard InChI is InChI=1S/C12H12N4O3/c17-12-10(16(18)19)11(13-7-8-4-5-8)14-9-3-1-2-6-15(9)12/h1-3,6,8,13H,4-5,7H2. The highest BCUT2D eigenvalue weighted by atomic mass is 16.6. The van der Waals surface area contributed by atoms with Gasteiger partial charge in [-0.05, 0) is 30.9 Å². The Morgan fingerprint density at radius 2 is 2.26 bits per heavy atom. The zero-order valence-corrected chi connectivity index (χ0v) is 10.1. The fourth-order valence-corrected chi connectivity index (χ4v) is 1.93. The number of aromatic nitrogens is 2. The minimum absolute atomic E-state index is 0.0631. The summed E-state index contributed by atoms with van der Waals surface area (Å²) in [6, 6.07) is 5.02. The van der Waals surface area contributed by atoms with E-state index in [0.29, 0.717) is 18.1 Å². The van der Waals surface area contributed by atoms with E-state index < -0.39 is 16.2 Å². The van der Waals surface area contributed by atoms with Crippen molar-refractivity contribution in [2.75, 3.05) is 11.9 Å². The van der Waals surface area contributed by atoms with Gasteiger partial charge in [-0.2, -0.15) is 0 Å². The highest BCUT2D eigenvalue weighted by Crippen LogP contribution is 2.29. The average Bonchev–Trinajstić information content (AvgIpc) is 3.20. The van der Waals surface area contributed by atoms with Gasteiger partial charge < -0.3 is 5.32 Å². The molecule has 7 heteroatoms. The van der Waals surface area contributed by atoms with Gasteiger partial charge in [0.15, 0.2) is 0 Å². The second-order valence-electron chi connectivity index (χ2n) is 4.62. The van der Waals surface area contributed by atoms with E-state index in [9.17, 15) is 14.9 Å². The fraction of sp³-hybridized carbons (Fsp3) is 0.333. The average molecular weight is 260 g/mol. The van der Waals surface area contributed by atoms with Crippen LogP contribution in [0.1, 0.15) is 12.8 Å². The molecule has 0 saturated heterocycles. The molecule has 0 unspecified atom stereocenters. The van der Waals surface area contributed by atoms with Gasteiger partial charge in [0.05, 0.1) is 4.92 Å². The quantitative estimate of drug-likeness (QED) is 0.663. The van der Waals surface area contributed by atoms with Crippen LogP contribution in [-0.4, -0.2) is 20.9 Å². The second kappa shape index (κ2) is 4.34. The number of rotatable bonds is 4. The first-order valence-corrected chi connectivity index (χ1v) is 6.06. The largest absolute Gasteiger partial charge is 0.376 e. The zero-order valence-electron chi connectivity index (χ0n) is 10.1. The predicted octanol–water partition coefficient (Wildman–Crippen LogP) is 1.42. The molecule has 98 valence electrons. The third-order valence-corrected chi connectivity index (χ3v) is 3.15. The van der Waals surface area contributed by atoms with Crippen LogP contribution < -0.4 is 10.9 Å². The van der Waals surface area contributed by atoms with E-state index in [1.807, 2.05) is 0 Å². The molecule has 0 aliphatic heterocycles. The van der Waals surface area contributed by atoms with E-state index in [4.69, 9.17) is 0 Å². The maximum absolute atomic E-state index is 12.1. The zero-order chi connectivity index (χ0) is 13.4. The summed E-state index contributed by atoms with van der Waals surface area (Å²) >= 11 is 0. The number of nitro groups is 1. The van der Waals surface area contributed by atoms with Crippen molar-refractivity contribution in [1.29, 1.82) is 0 Å². The number of nitrogens with one attached hydrogen (secondary N) is 1. The highest BCUT2D eigenvalue weighted by Gasteiger charge is 2.26. The summed E-state index contributed by atoms with van der Waals surface area (Å²) < 4.78 is 1.18. The number of anilines is 1. The van der Waals surface area contributed by atoms with Crippen LogP contribution in [0.4, 0.5) is 11.5 Å². The lowest BCUT2D eigenvalue weighted by Gasteiger charge is -2.07. The van der Waals surface area contributed by atoms with Gasteiger partial charge in [-0.15, -0.1) is 0 Å². The van der Waals surface area contributed by atoms with Crippen LogP contribution in [0.15, 0.2) is 29.2 Å². The Morgan fingerprint density at radius 1 is 1.47 bits per heavy atom. The Hall–Kier alpha value is -2.44. The predicted molar refractivity (Wildman–Crippen MR) is 69.3 cm³/mol. The maximum atomic E-state index is 12.1. The lowest BCUT2D eigenvalue weighted by molar-refractivity contribution is -0.385. The van der Waals surface area contributed by atoms with Crippen LogP contribution in [0.5, 0.6) is 0 Å². The monoisotopic (exact) mass is 260 g/mol. The van der Waals surface area contributed by atoms with Crippen LogP contribution in [0.2, 0.25) is 0 Å². The Kier molecular flexibility index (Phi) is 2.66. The number of hydrogen-bond acceptors (Lipinski definition) is 5. The van der Waals surface area contributed by atoms with Gasteiger partial charge in [0.25, 0.3) is 0 Å². The molecule has 0 amide bonds. The summed E-state index contributed by atoms with van der Waals surface area (Å²) in [5.74, 6) is 0.601. The van der Waals surface area contributed by atoms with Crippen molar-refractivity contribution in [1.82, 2.24) is 9.38 Å². The smallest absolute Gasteiger partial charge is 0.364 e. The van der Waals surface area contributed by atoms with Crippen molar-refractivity contribution in [3.8, 4) is 0 Å². The van der Waals surface area contributed by atoms with E-state index in [2.05, 4.69) is 10.3 Å². The molecule has 2 heterocycles. The highest BCUT2D eigenvalue weighted by molar-refractivity contribution is 5.59. The van der Waals surface area contributed by atoms with Gasteiger partial charge in [-0.25, -0.2) is 4.98 Å². The van der Waals surface area contributed by atoms with Crippen molar-refractivity contribution in [2.24, 2.45) is 5.92 Å². The molecule has 19 heavy (non-hydrogen) atoms. The molecule has 0 spiro atoms. The first-order chi connectivity index (χ1) is 9.16. The van der Waals surface area contributed by atoms with E-state index >= 15 is 0 Å². The molecule has 0 aromatic carbocycles. The van der Waals surface area contributed by atoms with Crippen molar-refractivity contribution in [2.45, 2.75) is 12.8 Å². The SMILES string of the molecule is O=c1c([N+](=O)[O-])c(NCC2CC2)nc2ccccn12. The van der Waals surface area contributed by atoms with Crippen molar-refractivity contribution in [3.63, 3.8) is 0 Å². The Morgan fingerprint density at radius 3 is 2.95 bits per heavy atom. The molecule has 1 saturated carbocycles. The first-order valence-electron chi connectivity index (χ1n) is 6.06. The summed E-state index contributed by atoms with van der Waals surface area (Å²) in [4.78, 5) is 26.6. The van der Waals surface area contributed by atoms with Crippen LogP contribution in [0.25, 0.3) is 5.65 Å². The summed E-state index contributed by atoms with van der Waals surface area (Å²) in [7, 11) is 0. The molecule has 1 aliphatic carbocycles. The van der Waals surface area contributed by atoms with Crippen LogP contribution in [0, 0.1) is 16.0 Å². The summed E-state index contributed by atoms with van der Waals surface area (Å²) in [6.07, 6.45) is 3.71. The molecule has 0 atom stereocenters. The van der Waals surface area contributed by atoms with Gasteiger partial charge in [-0.3, -0.25) is 19.3 Å². The van der Waals surface area contributed by atoms with Crippen molar-refractivity contribution in [3.05, 3.63) is 44.9 Å². The van der Waals surface area contributed by atoms with Crippen molar-refractivity contribution < 1.29 is 4.92 Å². The van der Waals surface area contributed by atoms with Gasteiger partial charge >= 0.3 is 11.2 Å². The number of nitrogens with zero attached hydrogens (tertiary/aromatic N) is 3. The fourth-order valence-electron chi connectivity index (χ4n) is 1.93. The number of pyridine rings is 1. The Bertz CT molecular complexity index is 706. The summed E-state index contributed by atoms with van der Waals surface area (Å²) in [6.45, 7) is 0.621. The number of fused-ring (bicyclic) bond motifs is 1. The van der Waals surface area contributed by atoms with Gasteiger partial charge in [0.1, 0.15) is 5.65 Å². The third kappa shape index (κ3) is 2.14. The summed E-state index contributed by atoms with van der Waals surface area (Å²) in [5, 5.41) is 14.0. The van der Waals surface area contributed by atoms with Crippen LogP contribution >= 0.6 is 0 Å². The van der Waals surface area contributed by atoms with Gasteiger partial charge in [0, 0.05) is 12.7 Å². The van der Waals surface area contributed by atoms with Crippen LogP contribution in [-0.2, 0) is 0 Å². The minimum atomic E-state index is -0.677. The Balaban J connectivity index is 2.14. The molecule has 2 aromatic rings. The normalized spacial score (nSPS) is 14.5. The van der Waals surface area contributed by atoms with Crippen molar-refractivity contribution >= 4 is 17.2 Å². The molecular formula is C12H12N4O3. The van der Waals surface area contributed by atoms with Gasteiger partial charge in [0.2, 0.25) is 5.82 Å². The minimum Gasteiger partial charge on any atom is -0.364 e. The topological polar surface area (TPSA) is 89.5 Å². The molecule has 1 N–H and O–H groups in total. The van der Waals surface area contributed by atoms with Gasteiger partial charge in [-0.1, -0.05) is 6.07 Å². The van der Waals surface area contributed by atoms with E-state index in [1.165, 1.54) is 10.6 Å². The molecule has 0 bridgehead atoms. The molecule has 7 nitrogen and oxygen atoms in total. The van der Waals surface area contributed by atoms with E-state index in [-0.39, 0.29) is 5.82 Å². The molecule has 3 rings (SSSR count). The molecule has 0 radical (unpaired) electrons. The maximum Gasteiger partial charge on any atom is 0.376 e. The Labute approximate surface area is 108 Å². The lowest BCUT2D eigenvalue weighted by atomic mass is 10.3.